The number of hydrogen-bond donors (Lipinski definition) is 2. The first kappa shape index (κ1) is 13.1. The van der Waals surface area contributed by atoms with Crippen molar-refractivity contribution in [3.63, 3.8) is 0 Å². The summed E-state index contributed by atoms with van der Waals surface area (Å²) in [6.45, 7) is 3.10. The van der Waals surface area contributed by atoms with Crippen LogP contribution in [-0.2, 0) is 4.74 Å². The van der Waals surface area contributed by atoms with Crippen molar-refractivity contribution in [3.05, 3.63) is 11.6 Å². The van der Waals surface area contributed by atoms with E-state index in [9.17, 15) is 0 Å². The molecule has 3 atom stereocenters. The van der Waals surface area contributed by atoms with Crippen molar-refractivity contribution in [2.45, 2.75) is 64.0 Å². The minimum atomic E-state index is 0.334. The van der Waals surface area contributed by atoms with E-state index in [1.54, 1.807) is 0 Å². The standard InChI is InChI=1S/C14H26N2O/c1-2-13-12(9-10-17-13)14(16-15)11-7-5-3-4-6-8-11/h7,12-14,16H,2-6,8-10,15H2,1H3. The molecule has 0 radical (unpaired) electrons. The third-order valence-corrected chi connectivity index (χ3v) is 4.25. The summed E-state index contributed by atoms with van der Waals surface area (Å²) in [5, 5.41) is 0. The highest BCUT2D eigenvalue weighted by Crippen LogP contribution is 2.32. The van der Waals surface area contributed by atoms with E-state index in [2.05, 4.69) is 18.4 Å². The van der Waals surface area contributed by atoms with E-state index in [0.717, 1.165) is 19.4 Å². The van der Waals surface area contributed by atoms with E-state index in [0.29, 0.717) is 18.1 Å². The molecule has 17 heavy (non-hydrogen) atoms. The molecule has 2 aliphatic rings. The quantitative estimate of drug-likeness (QED) is 0.449. The Labute approximate surface area is 105 Å². The first-order valence-corrected chi connectivity index (χ1v) is 7.13. The Morgan fingerprint density at radius 2 is 2.35 bits per heavy atom. The molecule has 1 fully saturated rings. The van der Waals surface area contributed by atoms with Gasteiger partial charge in [0.2, 0.25) is 0 Å². The summed E-state index contributed by atoms with van der Waals surface area (Å²) in [4.78, 5) is 0. The van der Waals surface area contributed by atoms with Gasteiger partial charge in [-0.25, -0.2) is 0 Å². The number of allylic oxidation sites excluding steroid dienone is 1. The maximum Gasteiger partial charge on any atom is 0.0620 e. The smallest absolute Gasteiger partial charge is 0.0620 e. The van der Waals surface area contributed by atoms with Crippen LogP contribution in [0.2, 0.25) is 0 Å². The summed E-state index contributed by atoms with van der Waals surface area (Å²) in [6, 6.07) is 0.334. The van der Waals surface area contributed by atoms with Crippen molar-refractivity contribution in [3.8, 4) is 0 Å². The Hall–Kier alpha value is -0.380. The third-order valence-electron chi connectivity index (χ3n) is 4.25. The van der Waals surface area contributed by atoms with Crippen molar-refractivity contribution in [1.82, 2.24) is 5.43 Å². The second-order valence-electron chi connectivity index (χ2n) is 5.29. The van der Waals surface area contributed by atoms with E-state index in [1.165, 1.54) is 37.7 Å². The molecule has 0 bridgehead atoms. The van der Waals surface area contributed by atoms with Crippen LogP contribution in [0.1, 0.15) is 51.9 Å². The number of hydrazine groups is 1. The van der Waals surface area contributed by atoms with Gasteiger partial charge in [0.05, 0.1) is 6.10 Å². The van der Waals surface area contributed by atoms with E-state index >= 15 is 0 Å². The maximum absolute atomic E-state index is 5.80. The van der Waals surface area contributed by atoms with Crippen LogP contribution >= 0.6 is 0 Å². The fourth-order valence-corrected chi connectivity index (χ4v) is 3.29. The lowest BCUT2D eigenvalue weighted by Crippen LogP contribution is -2.45. The predicted octanol–water partition coefficient (Wildman–Crippen LogP) is 2.52. The predicted molar refractivity (Wildman–Crippen MR) is 70.4 cm³/mol. The molecule has 98 valence electrons. The fourth-order valence-electron chi connectivity index (χ4n) is 3.29. The molecule has 3 nitrogen and oxygen atoms in total. The molecule has 0 spiro atoms. The zero-order valence-corrected chi connectivity index (χ0v) is 11.0. The molecule has 0 saturated carbocycles. The second kappa shape index (κ2) is 6.53. The van der Waals surface area contributed by atoms with E-state index in [-0.39, 0.29) is 0 Å². The van der Waals surface area contributed by atoms with Crippen LogP contribution in [0.15, 0.2) is 11.6 Å². The van der Waals surface area contributed by atoms with Gasteiger partial charge in [-0.3, -0.25) is 11.3 Å². The Morgan fingerprint density at radius 3 is 3.12 bits per heavy atom. The van der Waals surface area contributed by atoms with Gasteiger partial charge < -0.3 is 4.74 Å². The van der Waals surface area contributed by atoms with Gasteiger partial charge in [-0.1, -0.05) is 25.0 Å². The number of nitrogens with one attached hydrogen (secondary N) is 1. The normalized spacial score (nSPS) is 32.0. The summed E-state index contributed by atoms with van der Waals surface area (Å²) in [6.07, 6.45) is 11.5. The van der Waals surface area contributed by atoms with Crippen LogP contribution in [0.4, 0.5) is 0 Å². The average Bonchev–Trinajstić information content (AvgIpc) is 2.65. The van der Waals surface area contributed by atoms with E-state index < -0.39 is 0 Å². The molecule has 0 aromatic heterocycles. The maximum atomic E-state index is 5.80. The molecule has 0 aromatic rings. The summed E-state index contributed by atoms with van der Waals surface area (Å²) < 4.78 is 5.80. The Kier molecular flexibility index (Phi) is 5.01. The van der Waals surface area contributed by atoms with Gasteiger partial charge in [0.25, 0.3) is 0 Å². The van der Waals surface area contributed by atoms with Crippen LogP contribution < -0.4 is 11.3 Å². The molecule has 0 aromatic carbocycles. The van der Waals surface area contributed by atoms with Crippen molar-refractivity contribution < 1.29 is 4.74 Å². The first-order valence-electron chi connectivity index (χ1n) is 7.13. The van der Waals surface area contributed by atoms with Gasteiger partial charge in [-0.2, -0.15) is 0 Å². The number of rotatable bonds is 4. The van der Waals surface area contributed by atoms with Crippen molar-refractivity contribution in [2.24, 2.45) is 11.8 Å². The lowest BCUT2D eigenvalue weighted by Gasteiger charge is -2.28. The Bertz CT molecular complexity index is 265. The van der Waals surface area contributed by atoms with Crippen molar-refractivity contribution in [2.75, 3.05) is 6.61 Å². The van der Waals surface area contributed by atoms with E-state index in [1.807, 2.05) is 0 Å². The van der Waals surface area contributed by atoms with Crippen molar-refractivity contribution >= 4 is 0 Å². The van der Waals surface area contributed by atoms with E-state index in [4.69, 9.17) is 10.6 Å². The zero-order chi connectivity index (χ0) is 12.1. The Morgan fingerprint density at radius 1 is 1.47 bits per heavy atom. The van der Waals surface area contributed by atoms with Gasteiger partial charge in [0.1, 0.15) is 0 Å². The molecular formula is C14H26N2O. The molecule has 1 heterocycles. The molecule has 0 amide bonds. The number of hydrogen-bond acceptors (Lipinski definition) is 3. The highest BCUT2D eigenvalue weighted by atomic mass is 16.5. The molecular weight excluding hydrogens is 212 g/mol. The number of ether oxygens (including phenoxy) is 1. The molecule has 3 N–H and O–H groups in total. The molecule has 3 heteroatoms. The summed E-state index contributed by atoms with van der Waals surface area (Å²) in [7, 11) is 0. The van der Waals surface area contributed by atoms with Crippen LogP contribution in [0.25, 0.3) is 0 Å². The SMILES string of the molecule is CCC1OCCC1C(NN)C1=CCCCCC1. The lowest BCUT2D eigenvalue weighted by molar-refractivity contribution is 0.0805. The minimum absolute atomic E-state index is 0.334. The Balaban J connectivity index is 2.06. The highest BCUT2D eigenvalue weighted by Gasteiger charge is 2.34. The average molecular weight is 238 g/mol. The van der Waals surface area contributed by atoms with Crippen LogP contribution in [0.5, 0.6) is 0 Å². The van der Waals surface area contributed by atoms with Crippen molar-refractivity contribution in [1.29, 1.82) is 0 Å². The molecule has 1 aliphatic heterocycles. The largest absolute Gasteiger partial charge is 0.378 e. The highest BCUT2D eigenvalue weighted by molar-refractivity contribution is 5.15. The lowest BCUT2D eigenvalue weighted by atomic mass is 9.85. The second-order valence-corrected chi connectivity index (χ2v) is 5.29. The minimum Gasteiger partial charge on any atom is -0.378 e. The fraction of sp³-hybridized carbons (Fsp3) is 0.857. The third kappa shape index (κ3) is 3.09. The van der Waals surface area contributed by atoms with Crippen LogP contribution in [0.3, 0.4) is 0 Å². The molecule has 1 saturated heterocycles. The molecule has 3 unspecified atom stereocenters. The zero-order valence-electron chi connectivity index (χ0n) is 11.0. The monoisotopic (exact) mass is 238 g/mol. The summed E-state index contributed by atoms with van der Waals surface area (Å²) >= 11 is 0. The van der Waals surface area contributed by atoms with Gasteiger partial charge in [0.15, 0.2) is 0 Å². The van der Waals surface area contributed by atoms with Gasteiger partial charge in [-0.15, -0.1) is 0 Å². The van der Waals surface area contributed by atoms with Crippen LogP contribution in [0, 0.1) is 5.92 Å². The van der Waals surface area contributed by atoms with Gasteiger partial charge in [0, 0.05) is 18.6 Å². The molecule has 1 aliphatic carbocycles. The van der Waals surface area contributed by atoms with Crippen LogP contribution in [-0.4, -0.2) is 18.8 Å². The molecule has 2 rings (SSSR count). The van der Waals surface area contributed by atoms with Gasteiger partial charge >= 0.3 is 0 Å². The summed E-state index contributed by atoms with van der Waals surface area (Å²) in [5.74, 6) is 6.37. The first-order chi connectivity index (χ1) is 8.36. The number of nitrogens with two attached hydrogens (primary N) is 1. The topological polar surface area (TPSA) is 47.3 Å². The summed E-state index contributed by atoms with van der Waals surface area (Å²) in [5.41, 5.74) is 4.58. The van der Waals surface area contributed by atoms with Gasteiger partial charge in [-0.05, 0) is 38.5 Å².